The Morgan fingerprint density at radius 2 is 2.19 bits per heavy atom. The number of halogens is 1. The molecule has 0 aromatic heterocycles. The van der Waals surface area contributed by atoms with E-state index in [1.165, 1.54) is 11.0 Å². The van der Waals surface area contributed by atoms with Crippen molar-refractivity contribution >= 4 is 5.91 Å². The number of hydrogen-bond donors (Lipinski definition) is 1. The predicted molar refractivity (Wildman–Crippen MR) is 59.0 cm³/mol. The fourth-order valence-corrected chi connectivity index (χ4v) is 1.74. The summed E-state index contributed by atoms with van der Waals surface area (Å²) >= 11 is 0. The highest BCUT2D eigenvalue weighted by atomic mass is 19.1. The van der Waals surface area contributed by atoms with Gasteiger partial charge in [0.25, 0.3) is 0 Å². The molecule has 3 nitrogen and oxygen atoms in total. The standard InChI is InChI=1S/C12H15FN2O/c1-15(12(16)9-6-11(9)14)7-8-4-2-3-5-10(8)13/h2-5,9,11H,6-7,14H2,1H3. The van der Waals surface area contributed by atoms with Crippen LogP contribution in [0.2, 0.25) is 0 Å². The van der Waals surface area contributed by atoms with Crippen molar-refractivity contribution in [1.82, 2.24) is 4.90 Å². The number of nitrogens with two attached hydrogens (primary N) is 1. The van der Waals surface area contributed by atoms with Gasteiger partial charge in [0, 0.05) is 25.2 Å². The van der Waals surface area contributed by atoms with Crippen LogP contribution in [0.5, 0.6) is 0 Å². The van der Waals surface area contributed by atoms with E-state index in [0.29, 0.717) is 12.1 Å². The molecule has 2 atom stereocenters. The molecule has 1 fully saturated rings. The fraction of sp³-hybridized carbons (Fsp3) is 0.417. The molecule has 0 aliphatic heterocycles. The summed E-state index contributed by atoms with van der Waals surface area (Å²) in [5.41, 5.74) is 6.14. The van der Waals surface area contributed by atoms with Crippen LogP contribution in [0, 0.1) is 11.7 Å². The highest BCUT2D eigenvalue weighted by Gasteiger charge is 2.41. The van der Waals surface area contributed by atoms with E-state index >= 15 is 0 Å². The lowest BCUT2D eigenvalue weighted by atomic mass is 10.2. The van der Waals surface area contributed by atoms with Gasteiger partial charge in [-0.2, -0.15) is 0 Å². The van der Waals surface area contributed by atoms with Crippen LogP contribution in [0.1, 0.15) is 12.0 Å². The Labute approximate surface area is 94.0 Å². The number of amides is 1. The van der Waals surface area contributed by atoms with Gasteiger partial charge in [0.15, 0.2) is 0 Å². The van der Waals surface area contributed by atoms with E-state index < -0.39 is 0 Å². The quantitative estimate of drug-likeness (QED) is 0.833. The molecule has 1 aliphatic carbocycles. The first kappa shape index (κ1) is 11.1. The molecule has 1 aromatic rings. The maximum absolute atomic E-state index is 13.3. The molecule has 86 valence electrons. The maximum atomic E-state index is 13.3. The van der Waals surface area contributed by atoms with Crippen LogP contribution >= 0.6 is 0 Å². The molecule has 0 spiro atoms. The predicted octanol–water partition coefficient (Wildman–Crippen LogP) is 1.13. The minimum Gasteiger partial charge on any atom is -0.341 e. The number of nitrogens with zero attached hydrogens (tertiary/aromatic N) is 1. The molecule has 0 radical (unpaired) electrons. The van der Waals surface area contributed by atoms with Gasteiger partial charge in [-0.25, -0.2) is 4.39 Å². The van der Waals surface area contributed by atoms with Crippen LogP contribution in [-0.2, 0) is 11.3 Å². The van der Waals surface area contributed by atoms with Gasteiger partial charge < -0.3 is 10.6 Å². The molecular formula is C12H15FN2O. The molecule has 0 saturated heterocycles. The highest BCUT2D eigenvalue weighted by molar-refractivity contribution is 5.82. The summed E-state index contributed by atoms with van der Waals surface area (Å²) in [7, 11) is 1.68. The van der Waals surface area contributed by atoms with Crippen molar-refractivity contribution in [1.29, 1.82) is 0 Å². The van der Waals surface area contributed by atoms with Crippen LogP contribution in [0.3, 0.4) is 0 Å². The van der Waals surface area contributed by atoms with Gasteiger partial charge in [-0.3, -0.25) is 4.79 Å². The van der Waals surface area contributed by atoms with E-state index in [0.717, 1.165) is 6.42 Å². The largest absolute Gasteiger partial charge is 0.341 e. The zero-order chi connectivity index (χ0) is 11.7. The molecule has 1 amide bonds. The third-order valence-corrected chi connectivity index (χ3v) is 2.90. The lowest BCUT2D eigenvalue weighted by Gasteiger charge is -2.17. The first-order valence-electron chi connectivity index (χ1n) is 5.33. The van der Waals surface area contributed by atoms with Crippen LogP contribution in [0.4, 0.5) is 4.39 Å². The monoisotopic (exact) mass is 222 g/mol. The number of carbonyl (C=O) groups excluding carboxylic acids is 1. The van der Waals surface area contributed by atoms with E-state index in [4.69, 9.17) is 5.73 Å². The summed E-state index contributed by atoms with van der Waals surface area (Å²) < 4.78 is 13.3. The third-order valence-electron chi connectivity index (χ3n) is 2.90. The second-order valence-electron chi connectivity index (χ2n) is 4.29. The van der Waals surface area contributed by atoms with E-state index in [1.807, 2.05) is 0 Å². The van der Waals surface area contributed by atoms with E-state index in [2.05, 4.69) is 0 Å². The van der Waals surface area contributed by atoms with Gasteiger partial charge in [0.2, 0.25) is 5.91 Å². The number of carbonyl (C=O) groups is 1. The number of rotatable bonds is 3. The summed E-state index contributed by atoms with van der Waals surface area (Å²) in [6.07, 6.45) is 0.750. The van der Waals surface area contributed by atoms with Crippen LogP contribution < -0.4 is 5.73 Å². The average molecular weight is 222 g/mol. The van der Waals surface area contributed by atoms with E-state index in [1.54, 1.807) is 25.2 Å². The van der Waals surface area contributed by atoms with E-state index in [9.17, 15) is 9.18 Å². The van der Waals surface area contributed by atoms with Crippen molar-refractivity contribution in [3.05, 3.63) is 35.6 Å². The normalized spacial score (nSPS) is 22.9. The van der Waals surface area contributed by atoms with Crippen molar-refractivity contribution in [3.63, 3.8) is 0 Å². The molecule has 1 saturated carbocycles. The third kappa shape index (κ3) is 2.22. The summed E-state index contributed by atoms with van der Waals surface area (Å²) in [6, 6.07) is 6.48. The topological polar surface area (TPSA) is 46.3 Å². The maximum Gasteiger partial charge on any atom is 0.227 e. The molecule has 1 aliphatic rings. The molecule has 16 heavy (non-hydrogen) atoms. The van der Waals surface area contributed by atoms with Gasteiger partial charge in [0.05, 0.1) is 5.92 Å². The van der Waals surface area contributed by atoms with Gasteiger partial charge in [-0.15, -0.1) is 0 Å². The van der Waals surface area contributed by atoms with Crippen molar-refractivity contribution < 1.29 is 9.18 Å². The summed E-state index contributed by atoms with van der Waals surface area (Å²) in [5.74, 6) is -0.324. The smallest absolute Gasteiger partial charge is 0.227 e. The number of benzene rings is 1. The summed E-state index contributed by atoms with van der Waals surface area (Å²) in [6.45, 7) is 0.300. The molecule has 2 N–H and O–H groups in total. The van der Waals surface area contributed by atoms with E-state index in [-0.39, 0.29) is 23.7 Å². The lowest BCUT2D eigenvalue weighted by Crippen LogP contribution is -2.29. The molecule has 4 heteroatoms. The zero-order valence-corrected chi connectivity index (χ0v) is 9.19. The second-order valence-corrected chi connectivity index (χ2v) is 4.29. The first-order valence-corrected chi connectivity index (χ1v) is 5.33. The van der Waals surface area contributed by atoms with Crippen LogP contribution in [0.15, 0.2) is 24.3 Å². The molecule has 1 aromatic carbocycles. The highest BCUT2D eigenvalue weighted by Crippen LogP contribution is 2.30. The van der Waals surface area contributed by atoms with Gasteiger partial charge in [-0.1, -0.05) is 18.2 Å². The SMILES string of the molecule is CN(Cc1ccccc1F)C(=O)C1CC1N. The molecule has 2 rings (SSSR count). The van der Waals surface area contributed by atoms with Crippen LogP contribution in [0.25, 0.3) is 0 Å². The van der Waals surface area contributed by atoms with Crippen LogP contribution in [-0.4, -0.2) is 23.9 Å². The van der Waals surface area contributed by atoms with Crippen molar-refractivity contribution in [2.75, 3.05) is 7.05 Å². The van der Waals surface area contributed by atoms with Gasteiger partial charge >= 0.3 is 0 Å². The Morgan fingerprint density at radius 1 is 1.56 bits per heavy atom. The van der Waals surface area contributed by atoms with Gasteiger partial charge in [-0.05, 0) is 12.5 Å². The van der Waals surface area contributed by atoms with Gasteiger partial charge in [0.1, 0.15) is 5.82 Å². The average Bonchev–Trinajstić information content (AvgIpc) is 2.98. The Morgan fingerprint density at radius 3 is 2.75 bits per heavy atom. The van der Waals surface area contributed by atoms with Crippen molar-refractivity contribution in [3.8, 4) is 0 Å². The first-order chi connectivity index (χ1) is 7.59. The Balaban J connectivity index is 1.99. The summed E-state index contributed by atoms with van der Waals surface area (Å²) in [4.78, 5) is 13.3. The second kappa shape index (κ2) is 4.22. The fourth-order valence-electron chi connectivity index (χ4n) is 1.74. The molecule has 2 unspecified atom stereocenters. The van der Waals surface area contributed by atoms with Crippen molar-refractivity contribution in [2.45, 2.75) is 19.0 Å². The molecular weight excluding hydrogens is 207 g/mol. The zero-order valence-electron chi connectivity index (χ0n) is 9.19. The molecule has 0 heterocycles. The molecule has 0 bridgehead atoms. The minimum absolute atomic E-state index is 0.00410. The Hall–Kier alpha value is -1.42. The lowest BCUT2D eigenvalue weighted by molar-refractivity contribution is -0.131. The Bertz CT molecular complexity index is 408. The number of hydrogen-bond acceptors (Lipinski definition) is 2. The minimum atomic E-state index is -0.276. The Kier molecular flexibility index (Phi) is 2.92. The van der Waals surface area contributed by atoms with Crippen molar-refractivity contribution in [2.24, 2.45) is 11.7 Å². The summed E-state index contributed by atoms with van der Waals surface area (Å²) in [5, 5.41) is 0.